The molecule has 3 N–H and O–H groups in total. The van der Waals surface area contributed by atoms with Gasteiger partial charge in [0.05, 0.1) is 7.11 Å². The van der Waals surface area contributed by atoms with Crippen LogP contribution >= 0.6 is 0 Å². The maximum Gasteiger partial charge on any atom is 0.131 e. The first-order chi connectivity index (χ1) is 9.65. The summed E-state index contributed by atoms with van der Waals surface area (Å²) in [6.45, 7) is 0. The van der Waals surface area contributed by atoms with Crippen molar-refractivity contribution in [1.29, 1.82) is 0 Å². The quantitative estimate of drug-likeness (QED) is 0.879. The number of hydrogen-bond donors (Lipinski definition) is 2. The van der Waals surface area contributed by atoms with Gasteiger partial charge in [0.25, 0.3) is 0 Å². The van der Waals surface area contributed by atoms with Crippen molar-refractivity contribution in [2.45, 2.75) is 12.5 Å². The normalized spacial score (nSPS) is 12.2. The third-order valence-corrected chi connectivity index (χ3v) is 3.28. The Morgan fingerprint density at radius 1 is 1.40 bits per heavy atom. The molecule has 20 heavy (non-hydrogen) atoms. The molecule has 1 aromatic heterocycles. The van der Waals surface area contributed by atoms with E-state index >= 15 is 0 Å². The van der Waals surface area contributed by atoms with Gasteiger partial charge >= 0.3 is 0 Å². The van der Waals surface area contributed by atoms with Gasteiger partial charge in [0.2, 0.25) is 0 Å². The molecule has 1 aromatic carbocycles. The molecule has 1 unspecified atom stereocenters. The van der Waals surface area contributed by atoms with Gasteiger partial charge in [0, 0.05) is 23.9 Å². The number of pyridine rings is 1. The summed E-state index contributed by atoms with van der Waals surface area (Å²) >= 11 is 0. The molecule has 0 radical (unpaired) electrons. The van der Waals surface area contributed by atoms with E-state index in [-0.39, 0.29) is 11.9 Å². The van der Waals surface area contributed by atoms with Crippen LogP contribution in [0.15, 0.2) is 36.5 Å². The van der Waals surface area contributed by atoms with Crippen molar-refractivity contribution in [2.75, 3.05) is 19.9 Å². The number of nitrogens with one attached hydrogen (secondary N) is 1. The van der Waals surface area contributed by atoms with Crippen LogP contribution in [0.25, 0.3) is 0 Å². The standard InChI is InChI=1S/C15H18FN3O/c1-18-14(8-10-4-3-7-19-15(10)17)12-6-5-11(20-2)9-13(12)16/h3-7,9,14,18H,8H2,1-2H3,(H2,17,19). The molecule has 2 aromatic rings. The molecule has 0 aliphatic rings. The van der Waals surface area contributed by atoms with Gasteiger partial charge in [-0.15, -0.1) is 0 Å². The first-order valence-corrected chi connectivity index (χ1v) is 6.35. The van der Waals surface area contributed by atoms with Crippen molar-refractivity contribution >= 4 is 5.82 Å². The van der Waals surface area contributed by atoms with Gasteiger partial charge in [0.15, 0.2) is 0 Å². The van der Waals surface area contributed by atoms with Gasteiger partial charge in [-0.25, -0.2) is 9.37 Å². The number of rotatable bonds is 5. The van der Waals surface area contributed by atoms with Gasteiger partial charge in [-0.05, 0) is 31.2 Å². The summed E-state index contributed by atoms with van der Waals surface area (Å²) in [6, 6.07) is 8.40. The molecule has 0 bridgehead atoms. The lowest BCUT2D eigenvalue weighted by Gasteiger charge is -2.18. The van der Waals surface area contributed by atoms with Gasteiger partial charge in [0.1, 0.15) is 17.4 Å². The zero-order chi connectivity index (χ0) is 14.5. The maximum atomic E-state index is 14.1. The lowest BCUT2D eigenvalue weighted by atomic mass is 9.98. The smallest absolute Gasteiger partial charge is 0.131 e. The lowest BCUT2D eigenvalue weighted by Crippen LogP contribution is -2.20. The number of aromatic nitrogens is 1. The van der Waals surface area contributed by atoms with Crippen molar-refractivity contribution in [3.63, 3.8) is 0 Å². The predicted octanol–water partition coefficient (Wildman–Crippen LogP) is 2.31. The van der Waals surface area contributed by atoms with E-state index in [2.05, 4.69) is 10.3 Å². The van der Waals surface area contributed by atoms with E-state index in [9.17, 15) is 4.39 Å². The number of methoxy groups -OCH3 is 1. The topological polar surface area (TPSA) is 60.2 Å². The molecular formula is C15H18FN3O. The molecular weight excluding hydrogens is 257 g/mol. The van der Waals surface area contributed by atoms with E-state index < -0.39 is 0 Å². The molecule has 4 nitrogen and oxygen atoms in total. The Balaban J connectivity index is 2.27. The largest absolute Gasteiger partial charge is 0.497 e. The van der Waals surface area contributed by atoms with E-state index in [1.807, 2.05) is 12.1 Å². The maximum absolute atomic E-state index is 14.1. The number of anilines is 1. The van der Waals surface area contributed by atoms with Gasteiger partial charge < -0.3 is 15.8 Å². The number of nitrogens with two attached hydrogens (primary N) is 1. The molecule has 5 heteroatoms. The molecule has 2 rings (SSSR count). The van der Waals surface area contributed by atoms with Crippen LogP contribution in [0, 0.1) is 5.82 Å². The summed E-state index contributed by atoms with van der Waals surface area (Å²) in [5, 5.41) is 3.11. The summed E-state index contributed by atoms with van der Waals surface area (Å²) in [7, 11) is 3.31. The molecule has 0 saturated carbocycles. The zero-order valence-electron chi connectivity index (χ0n) is 11.6. The summed E-state index contributed by atoms with van der Waals surface area (Å²) in [5.41, 5.74) is 7.30. The average molecular weight is 275 g/mol. The second-order valence-electron chi connectivity index (χ2n) is 4.48. The van der Waals surface area contributed by atoms with Gasteiger partial charge in [-0.3, -0.25) is 0 Å². The van der Waals surface area contributed by atoms with Crippen molar-refractivity contribution < 1.29 is 9.13 Å². The zero-order valence-corrected chi connectivity index (χ0v) is 11.6. The Morgan fingerprint density at radius 2 is 2.20 bits per heavy atom. The third-order valence-electron chi connectivity index (χ3n) is 3.28. The molecule has 0 amide bonds. The number of ether oxygens (including phenoxy) is 1. The number of halogens is 1. The number of benzene rings is 1. The predicted molar refractivity (Wildman–Crippen MR) is 77.1 cm³/mol. The highest BCUT2D eigenvalue weighted by molar-refractivity contribution is 5.40. The molecule has 0 saturated heterocycles. The first-order valence-electron chi connectivity index (χ1n) is 6.35. The van der Waals surface area contributed by atoms with Crippen LogP contribution in [0.5, 0.6) is 5.75 Å². The SMILES string of the molecule is CNC(Cc1cccnc1N)c1ccc(OC)cc1F. The van der Waals surface area contributed by atoms with E-state index in [0.717, 1.165) is 5.56 Å². The van der Waals surface area contributed by atoms with Crippen LogP contribution in [0.3, 0.4) is 0 Å². The van der Waals surface area contributed by atoms with E-state index in [1.54, 1.807) is 25.4 Å². The second-order valence-corrected chi connectivity index (χ2v) is 4.48. The fourth-order valence-electron chi connectivity index (χ4n) is 2.13. The van der Waals surface area contributed by atoms with Crippen LogP contribution in [-0.2, 0) is 6.42 Å². The highest BCUT2D eigenvalue weighted by Crippen LogP contribution is 2.25. The minimum Gasteiger partial charge on any atom is -0.497 e. The van der Waals surface area contributed by atoms with Crippen molar-refractivity contribution in [1.82, 2.24) is 10.3 Å². The average Bonchev–Trinajstić information content (AvgIpc) is 2.47. The lowest BCUT2D eigenvalue weighted by molar-refractivity contribution is 0.409. The summed E-state index contributed by atoms with van der Waals surface area (Å²) in [6.07, 6.45) is 2.21. The number of likely N-dealkylation sites (N-methyl/N-ethyl adjacent to an activating group) is 1. The van der Waals surface area contributed by atoms with Crippen LogP contribution < -0.4 is 15.8 Å². The number of nitrogen functional groups attached to an aromatic ring is 1. The fourth-order valence-corrected chi connectivity index (χ4v) is 2.13. The molecule has 0 aliphatic heterocycles. The summed E-state index contributed by atoms with van der Waals surface area (Å²) in [5.74, 6) is 0.676. The second kappa shape index (κ2) is 6.34. The Bertz CT molecular complexity index is 589. The van der Waals surface area contributed by atoms with Crippen molar-refractivity contribution in [2.24, 2.45) is 0 Å². The molecule has 1 heterocycles. The molecule has 0 fully saturated rings. The van der Waals surface area contributed by atoms with Crippen LogP contribution in [0.1, 0.15) is 17.2 Å². The highest BCUT2D eigenvalue weighted by Gasteiger charge is 2.16. The minimum atomic E-state index is -0.300. The number of hydrogen-bond acceptors (Lipinski definition) is 4. The highest BCUT2D eigenvalue weighted by atomic mass is 19.1. The Kier molecular flexibility index (Phi) is 4.53. The van der Waals surface area contributed by atoms with Crippen molar-refractivity contribution in [3.05, 3.63) is 53.5 Å². The Labute approximate surface area is 117 Å². The molecule has 0 spiro atoms. The fraction of sp³-hybridized carbons (Fsp3) is 0.267. The van der Waals surface area contributed by atoms with Gasteiger partial charge in [-0.1, -0.05) is 12.1 Å². The third kappa shape index (κ3) is 3.05. The van der Waals surface area contributed by atoms with Crippen LogP contribution in [0.2, 0.25) is 0 Å². The van der Waals surface area contributed by atoms with Crippen molar-refractivity contribution in [3.8, 4) is 5.75 Å². The first kappa shape index (κ1) is 14.3. The molecule has 106 valence electrons. The van der Waals surface area contributed by atoms with E-state index in [1.165, 1.54) is 13.2 Å². The van der Waals surface area contributed by atoms with E-state index in [0.29, 0.717) is 23.6 Å². The molecule has 1 atom stereocenters. The summed E-state index contributed by atoms with van der Waals surface area (Å²) in [4.78, 5) is 4.05. The minimum absolute atomic E-state index is 0.174. The Hall–Kier alpha value is -2.14. The summed E-state index contributed by atoms with van der Waals surface area (Å²) < 4.78 is 19.1. The van der Waals surface area contributed by atoms with Gasteiger partial charge in [-0.2, -0.15) is 0 Å². The molecule has 0 aliphatic carbocycles. The van der Waals surface area contributed by atoms with E-state index in [4.69, 9.17) is 10.5 Å². The number of nitrogens with zero attached hydrogens (tertiary/aromatic N) is 1. The Morgan fingerprint density at radius 3 is 2.80 bits per heavy atom. The van der Waals surface area contributed by atoms with Crippen LogP contribution in [-0.4, -0.2) is 19.1 Å². The van der Waals surface area contributed by atoms with Crippen LogP contribution in [0.4, 0.5) is 10.2 Å². The monoisotopic (exact) mass is 275 g/mol.